The molecule has 0 saturated carbocycles. The highest BCUT2D eigenvalue weighted by atomic mass is 16.3. The van der Waals surface area contributed by atoms with Crippen LogP contribution in [-0.4, -0.2) is 0 Å². The Labute approximate surface area is 367 Å². The van der Waals surface area contributed by atoms with Crippen molar-refractivity contribution in [2.45, 2.75) is 5.41 Å². The van der Waals surface area contributed by atoms with E-state index in [1.54, 1.807) is 0 Å². The fraction of sp³-hybridized carbons (Fsp3) is 0.0164. The molecule has 0 aliphatic heterocycles. The lowest BCUT2D eigenvalue weighted by molar-refractivity contribution is 0.669. The van der Waals surface area contributed by atoms with E-state index in [0.29, 0.717) is 0 Å². The van der Waals surface area contributed by atoms with Crippen LogP contribution in [0.3, 0.4) is 0 Å². The summed E-state index contributed by atoms with van der Waals surface area (Å²) in [5, 5.41) is 2.27. The van der Waals surface area contributed by atoms with Crippen LogP contribution >= 0.6 is 0 Å². The van der Waals surface area contributed by atoms with Crippen molar-refractivity contribution in [2.75, 3.05) is 4.90 Å². The van der Waals surface area contributed by atoms with Gasteiger partial charge in [-0.1, -0.05) is 188 Å². The second-order valence-electron chi connectivity index (χ2n) is 16.4. The lowest BCUT2D eigenvalue weighted by Gasteiger charge is -2.33. The predicted octanol–water partition coefficient (Wildman–Crippen LogP) is 16.4. The van der Waals surface area contributed by atoms with Gasteiger partial charge in [-0.25, -0.2) is 0 Å². The van der Waals surface area contributed by atoms with E-state index in [1.807, 2.05) is 12.1 Å². The zero-order valence-corrected chi connectivity index (χ0v) is 34.5. The van der Waals surface area contributed by atoms with Gasteiger partial charge < -0.3 is 9.32 Å². The first-order chi connectivity index (χ1) is 31.2. The van der Waals surface area contributed by atoms with Gasteiger partial charge in [0.1, 0.15) is 11.2 Å². The molecule has 1 heterocycles. The topological polar surface area (TPSA) is 16.4 Å². The van der Waals surface area contributed by atoms with Gasteiger partial charge in [0.2, 0.25) is 0 Å². The Morgan fingerprint density at radius 2 is 0.778 bits per heavy atom. The summed E-state index contributed by atoms with van der Waals surface area (Å²) in [6, 6.07) is 90.2. The molecule has 0 unspecified atom stereocenters. The first-order valence-electron chi connectivity index (χ1n) is 21.7. The predicted molar refractivity (Wildman–Crippen MR) is 262 cm³/mol. The average Bonchev–Trinajstić information content (AvgIpc) is 3.89. The zero-order valence-electron chi connectivity index (χ0n) is 34.5. The third kappa shape index (κ3) is 6.10. The fourth-order valence-corrected chi connectivity index (χ4v) is 10.0. The van der Waals surface area contributed by atoms with Gasteiger partial charge in [-0.2, -0.15) is 0 Å². The Morgan fingerprint density at radius 3 is 1.48 bits per heavy atom. The van der Waals surface area contributed by atoms with Crippen LogP contribution < -0.4 is 4.90 Å². The van der Waals surface area contributed by atoms with Crippen molar-refractivity contribution >= 4 is 39.0 Å². The number of rotatable bonds is 8. The standard InChI is InChI=1S/C61H41NO/c1-4-15-42(16-5-1)45-17-14-22-52(39-45)62(51-35-29-44(30-36-51)47-32-38-60-56(41-47)54-24-11-13-26-59(54)63-60)50-33-27-43(28-34-50)46-31-37-58-55(40-46)53-23-10-12-25-57(53)61(58,48-18-6-2-7-19-48)49-20-8-3-9-21-49/h1-41H. The van der Waals surface area contributed by atoms with Gasteiger partial charge in [-0.3, -0.25) is 0 Å². The van der Waals surface area contributed by atoms with Crippen molar-refractivity contribution in [2.24, 2.45) is 0 Å². The van der Waals surface area contributed by atoms with Crippen molar-refractivity contribution in [3.05, 3.63) is 271 Å². The molecule has 0 N–H and O–H groups in total. The van der Waals surface area contributed by atoms with Crippen LogP contribution in [0, 0.1) is 0 Å². The number of fused-ring (bicyclic) bond motifs is 6. The lowest BCUT2D eigenvalue weighted by Crippen LogP contribution is -2.28. The van der Waals surface area contributed by atoms with Crippen LogP contribution in [0.15, 0.2) is 253 Å². The van der Waals surface area contributed by atoms with E-state index in [1.165, 1.54) is 55.6 Å². The molecule has 10 aromatic carbocycles. The maximum atomic E-state index is 6.14. The molecule has 0 fully saturated rings. The largest absolute Gasteiger partial charge is 0.456 e. The summed E-state index contributed by atoms with van der Waals surface area (Å²) >= 11 is 0. The summed E-state index contributed by atoms with van der Waals surface area (Å²) in [6.07, 6.45) is 0. The van der Waals surface area contributed by atoms with Crippen LogP contribution in [0.2, 0.25) is 0 Å². The number of hydrogen-bond acceptors (Lipinski definition) is 2. The fourth-order valence-electron chi connectivity index (χ4n) is 10.0. The van der Waals surface area contributed by atoms with E-state index < -0.39 is 5.41 Å². The number of furan rings is 1. The summed E-state index contributed by atoms with van der Waals surface area (Å²) in [4.78, 5) is 2.36. The third-order valence-corrected chi connectivity index (χ3v) is 13.0. The minimum atomic E-state index is -0.415. The van der Waals surface area contributed by atoms with E-state index in [0.717, 1.165) is 50.1 Å². The SMILES string of the molecule is c1ccc(-c2cccc(N(c3ccc(-c4ccc5c(c4)-c4ccccc4C5(c4ccccc4)c4ccccc4)cc3)c3ccc(-c4ccc5oc6ccccc6c5c4)cc3)c2)cc1. The molecule has 0 saturated heterocycles. The normalized spacial score (nSPS) is 12.6. The highest BCUT2D eigenvalue weighted by molar-refractivity contribution is 6.06. The van der Waals surface area contributed by atoms with E-state index in [-0.39, 0.29) is 0 Å². The maximum absolute atomic E-state index is 6.14. The molecule has 296 valence electrons. The summed E-state index contributed by atoms with van der Waals surface area (Å²) in [7, 11) is 0. The van der Waals surface area contributed by atoms with Crippen LogP contribution in [0.25, 0.3) is 66.4 Å². The Kier molecular flexibility index (Phi) is 8.76. The van der Waals surface area contributed by atoms with Gasteiger partial charge in [0.05, 0.1) is 5.41 Å². The van der Waals surface area contributed by atoms with E-state index in [4.69, 9.17) is 4.42 Å². The highest BCUT2D eigenvalue weighted by Crippen LogP contribution is 2.56. The van der Waals surface area contributed by atoms with Gasteiger partial charge in [0.15, 0.2) is 0 Å². The van der Waals surface area contributed by atoms with Gasteiger partial charge in [0.25, 0.3) is 0 Å². The molecule has 2 heteroatoms. The highest BCUT2D eigenvalue weighted by Gasteiger charge is 2.45. The molecule has 0 amide bonds. The molecule has 2 nitrogen and oxygen atoms in total. The molecule has 1 aliphatic carbocycles. The third-order valence-electron chi connectivity index (χ3n) is 13.0. The number of benzene rings is 10. The van der Waals surface area contributed by atoms with Crippen molar-refractivity contribution in [1.82, 2.24) is 0 Å². The summed E-state index contributed by atoms with van der Waals surface area (Å²) in [6.45, 7) is 0. The zero-order chi connectivity index (χ0) is 41.7. The quantitative estimate of drug-likeness (QED) is 0.152. The van der Waals surface area contributed by atoms with E-state index in [2.05, 4.69) is 241 Å². The van der Waals surface area contributed by atoms with Crippen molar-refractivity contribution < 1.29 is 4.42 Å². The second kappa shape index (κ2) is 15.1. The molecular formula is C61H41NO. The maximum Gasteiger partial charge on any atom is 0.135 e. The summed E-state index contributed by atoms with van der Waals surface area (Å²) in [5.41, 5.74) is 19.4. The lowest BCUT2D eigenvalue weighted by atomic mass is 9.67. The molecular weight excluding hydrogens is 763 g/mol. The monoisotopic (exact) mass is 803 g/mol. The Bertz CT molecular complexity index is 3380. The molecule has 11 aromatic rings. The van der Waals surface area contributed by atoms with Crippen LogP contribution in [0.5, 0.6) is 0 Å². The number of hydrogen-bond donors (Lipinski definition) is 0. The van der Waals surface area contributed by atoms with Crippen molar-refractivity contribution in [3.8, 4) is 44.5 Å². The minimum absolute atomic E-state index is 0.415. The molecule has 12 rings (SSSR count). The van der Waals surface area contributed by atoms with Crippen molar-refractivity contribution in [1.29, 1.82) is 0 Å². The summed E-state index contributed by atoms with van der Waals surface area (Å²) in [5.74, 6) is 0. The molecule has 63 heavy (non-hydrogen) atoms. The number of para-hydroxylation sites is 1. The smallest absolute Gasteiger partial charge is 0.135 e. The van der Waals surface area contributed by atoms with Crippen LogP contribution in [-0.2, 0) is 5.41 Å². The Hall–Kier alpha value is -8.20. The van der Waals surface area contributed by atoms with Gasteiger partial charge in [-0.15, -0.1) is 0 Å². The molecule has 0 bridgehead atoms. The Balaban J connectivity index is 0.941. The van der Waals surface area contributed by atoms with Crippen LogP contribution in [0.1, 0.15) is 22.3 Å². The molecule has 0 spiro atoms. The number of anilines is 3. The van der Waals surface area contributed by atoms with Crippen molar-refractivity contribution in [3.63, 3.8) is 0 Å². The van der Waals surface area contributed by atoms with E-state index >= 15 is 0 Å². The van der Waals surface area contributed by atoms with E-state index in [9.17, 15) is 0 Å². The van der Waals surface area contributed by atoms with Crippen LogP contribution in [0.4, 0.5) is 17.1 Å². The first kappa shape index (κ1) is 36.6. The van der Waals surface area contributed by atoms with Gasteiger partial charge in [0, 0.05) is 27.8 Å². The number of nitrogens with zero attached hydrogens (tertiary/aromatic N) is 1. The van der Waals surface area contributed by atoms with Gasteiger partial charge >= 0.3 is 0 Å². The average molecular weight is 804 g/mol. The molecule has 0 radical (unpaired) electrons. The molecule has 0 atom stereocenters. The summed E-state index contributed by atoms with van der Waals surface area (Å²) < 4.78 is 6.14. The molecule has 1 aromatic heterocycles. The minimum Gasteiger partial charge on any atom is -0.456 e. The Morgan fingerprint density at radius 1 is 0.286 bits per heavy atom. The first-order valence-corrected chi connectivity index (χ1v) is 21.7. The molecule has 1 aliphatic rings. The second-order valence-corrected chi connectivity index (χ2v) is 16.4. The van der Waals surface area contributed by atoms with Gasteiger partial charge in [-0.05, 0) is 127 Å².